The summed E-state index contributed by atoms with van der Waals surface area (Å²) in [5.74, 6) is -0.956. The second-order valence-electron chi connectivity index (χ2n) is 4.50. The van der Waals surface area contributed by atoms with E-state index in [2.05, 4.69) is 21.1 Å². The highest BCUT2D eigenvalue weighted by Crippen LogP contribution is 2.32. The molecule has 0 radical (unpaired) electrons. The average molecular weight is 365 g/mol. The zero-order valence-corrected chi connectivity index (χ0v) is 13.2. The van der Waals surface area contributed by atoms with Crippen LogP contribution in [0.3, 0.4) is 0 Å². The van der Waals surface area contributed by atoms with E-state index < -0.39 is 17.4 Å². The Bertz CT molecular complexity index is 593. The molecule has 1 aromatic carbocycles. The molecular formula is C13H12BrClFNO3. The van der Waals surface area contributed by atoms with Gasteiger partial charge in [0.15, 0.2) is 0 Å². The van der Waals surface area contributed by atoms with Crippen molar-refractivity contribution in [2.75, 3.05) is 6.61 Å². The molecule has 2 rings (SSSR count). The molecular weight excluding hydrogens is 353 g/mol. The number of esters is 1. The fraction of sp³-hybridized carbons (Fsp3) is 0.385. The van der Waals surface area contributed by atoms with E-state index in [4.69, 9.17) is 21.2 Å². The molecule has 0 N–H and O–H groups in total. The number of oxime groups is 1. The molecule has 108 valence electrons. The summed E-state index contributed by atoms with van der Waals surface area (Å²) in [4.78, 5) is 17.0. The highest BCUT2D eigenvalue weighted by Gasteiger charge is 2.44. The normalized spacial score (nSPS) is 21.4. The maximum Gasteiger partial charge on any atom is 0.353 e. The van der Waals surface area contributed by atoms with Crippen molar-refractivity contribution in [3.63, 3.8) is 0 Å². The minimum atomic E-state index is -1.17. The SMILES string of the molecule is CCOC(=O)C1(C)CC(c2cc(Br)c(F)cc2Cl)=NO1. The monoisotopic (exact) mass is 363 g/mol. The molecule has 0 saturated heterocycles. The fourth-order valence-electron chi connectivity index (χ4n) is 1.82. The fourth-order valence-corrected chi connectivity index (χ4v) is 2.42. The van der Waals surface area contributed by atoms with E-state index in [1.807, 2.05) is 0 Å². The Labute approximate surface area is 129 Å². The molecule has 0 aliphatic carbocycles. The Balaban J connectivity index is 2.25. The van der Waals surface area contributed by atoms with Gasteiger partial charge < -0.3 is 9.57 Å². The second-order valence-corrected chi connectivity index (χ2v) is 5.77. The van der Waals surface area contributed by atoms with Crippen LogP contribution in [0.15, 0.2) is 21.8 Å². The first-order chi connectivity index (χ1) is 9.37. The van der Waals surface area contributed by atoms with Crippen molar-refractivity contribution in [2.45, 2.75) is 25.9 Å². The minimum absolute atomic E-state index is 0.209. The van der Waals surface area contributed by atoms with Gasteiger partial charge in [0.25, 0.3) is 0 Å². The van der Waals surface area contributed by atoms with E-state index in [1.165, 1.54) is 12.1 Å². The molecule has 0 bridgehead atoms. The van der Waals surface area contributed by atoms with Crippen molar-refractivity contribution in [3.8, 4) is 0 Å². The standard InChI is InChI=1S/C13H12BrClFNO3/c1-3-19-12(18)13(2)6-11(17-20-13)7-4-8(14)10(16)5-9(7)15/h4-5H,3,6H2,1-2H3. The minimum Gasteiger partial charge on any atom is -0.463 e. The zero-order valence-electron chi connectivity index (χ0n) is 10.9. The molecule has 20 heavy (non-hydrogen) atoms. The summed E-state index contributed by atoms with van der Waals surface area (Å²) in [6, 6.07) is 2.69. The van der Waals surface area contributed by atoms with E-state index in [-0.39, 0.29) is 22.5 Å². The van der Waals surface area contributed by atoms with Crippen LogP contribution in [0.5, 0.6) is 0 Å². The van der Waals surface area contributed by atoms with Gasteiger partial charge in [-0.1, -0.05) is 16.8 Å². The molecule has 0 fully saturated rings. The molecule has 1 heterocycles. The van der Waals surface area contributed by atoms with Crippen molar-refractivity contribution >= 4 is 39.2 Å². The van der Waals surface area contributed by atoms with E-state index >= 15 is 0 Å². The van der Waals surface area contributed by atoms with Crippen LogP contribution in [-0.4, -0.2) is 23.9 Å². The number of carbonyl (C=O) groups is 1. The van der Waals surface area contributed by atoms with Crippen LogP contribution in [0.2, 0.25) is 5.02 Å². The van der Waals surface area contributed by atoms with Gasteiger partial charge in [-0.05, 0) is 41.9 Å². The highest BCUT2D eigenvalue weighted by atomic mass is 79.9. The Morgan fingerprint density at radius 3 is 3.00 bits per heavy atom. The first kappa shape index (κ1) is 15.3. The quantitative estimate of drug-likeness (QED) is 0.607. The molecule has 1 aromatic rings. The van der Waals surface area contributed by atoms with Gasteiger partial charge in [0.05, 0.1) is 21.8 Å². The molecule has 1 unspecified atom stereocenters. The molecule has 0 spiro atoms. The Hall–Kier alpha value is -1.14. The van der Waals surface area contributed by atoms with Crippen molar-refractivity contribution in [1.29, 1.82) is 0 Å². The summed E-state index contributed by atoms with van der Waals surface area (Å²) in [6.45, 7) is 3.57. The first-order valence-corrected chi connectivity index (χ1v) is 7.11. The topological polar surface area (TPSA) is 47.9 Å². The number of hydrogen-bond donors (Lipinski definition) is 0. The number of ether oxygens (including phenoxy) is 1. The summed E-state index contributed by atoms with van der Waals surface area (Å²) < 4.78 is 18.6. The Kier molecular flexibility index (Phi) is 4.34. The maximum absolute atomic E-state index is 13.4. The third-order valence-electron chi connectivity index (χ3n) is 2.89. The molecule has 4 nitrogen and oxygen atoms in total. The lowest BCUT2D eigenvalue weighted by molar-refractivity contribution is -0.166. The molecule has 0 saturated carbocycles. The van der Waals surface area contributed by atoms with Gasteiger partial charge in [0.2, 0.25) is 5.60 Å². The third-order valence-corrected chi connectivity index (χ3v) is 3.81. The van der Waals surface area contributed by atoms with Crippen LogP contribution < -0.4 is 0 Å². The highest BCUT2D eigenvalue weighted by molar-refractivity contribution is 9.10. The van der Waals surface area contributed by atoms with Gasteiger partial charge in [0, 0.05) is 12.0 Å². The lowest BCUT2D eigenvalue weighted by atomic mass is 9.96. The average Bonchev–Trinajstić information content (AvgIpc) is 2.78. The smallest absolute Gasteiger partial charge is 0.353 e. The first-order valence-electron chi connectivity index (χ1n) is 5.94. The van der Waals surface area contributed by atoms with Crippen LogP contribution in [0.1, 0.15) is 25.8 Å². The molecule has 1 aliphatic heterocycles. The molecule has 0 amide bonds. The van der Waals surface area contributed by atoms with Gasteiger partial charge in [-0.15, -0.1) is 0 Å². The number of carbonyl (C=O) groups excluding carboxylic acids is 1. The lowest BCUT2D eigenvalue weighted by Crippen LogP contribution is -2.37. The summed E-state index contributed by atoms with van der Waals surface area (Å²) >= 11 is 9.09. The lowest BCUT2D eigenvalue weighted by Gasteiger charge is -2.18. The maximum atomic E-state index is 13.4. The van der Waals surface area contributed by atoms with Crippen LogP contribution in [0, 0.1) is 5.82 Å². The predicted molar refractivity (Wildman–Crippen MR) is 76.4 cm³/mol. The van der Waals surface area contributed by atoms with E-state index in [1.54, 1.807) is 13.8 Å². The van der Waals surface area contributed by atoms with Gasteiger partial charge in [0.1, 0.15) is 5.82 Å². The van der Waals surface area contributed by atoms with Gasteiger partial charge in [-0.2, -0.15) is 0 Å². The van der Waals surface area contributed by atoms with Crippen LogP contribution in [-0.2, 0) is 14.4 Å². The van der Waals surface area contributed by atoms with Gasteiger partial charge in [-0.25, -0.2) is 9.18 Å². The third kappa shape index (κ3) is 2.81. The molecule has 1 atom stereocenters. The number of benzene rings is 1. The summed E-state index contributed by atoms with van der Waals surface area (Å²) in [7, 11) is 0. The van der Waals surface area contributed by atoms with E-state index in [0.29, 0.717) is 11.3 Å². The number of halogens is 3. The van der Waals surface area contributed by atoms with Gasteiger partial charge >= 0.3 is 5.97 Å². The van der Waals surface area contributed by atoms with Crippen molar-refractivity contribution < 1.29 is 18.8 Å². The second kappa shape index (κ2) is 5.69. The zero-order chi connectivity index (χ0) is 14.9. The largest absolute Gasteiger partial charge is 0.463 e. The molecule has 0 aromatic heterocycles. The molecule has 7 heteroatoms. The van der Waals surface area contributed by atoms with Gasteiger partial charge in [-0.3, -0.25) is 0 Å². The van der Waals surface area contributed by atoms with Crippen LogP contribution in [0.4, 0.5) is 4.39 Å². The molecule has 1 aliphatic rings. The van der Waals surface area contributed by atoms with Crippen LogP contribution >= 0.6 is 27.5 Å². The summed E-state index contributed by atoms with van der Waals surface area (Å²) in [5.41, 5.74) is -0.172. The van der Waals surface area contributed by atoms with Crippen molar-refractivity contribution in [1.82, 2.24) is 0 Å². The van der Waals surface area contributed by atoms with E-state index in [9.17, 15) is 9.18 Å². The number of nitrogens with zero attached hydrogens (tertiary/aromatic N) is 1. The summed E-state index contributed by atoms with van der Waals surface area (Å²) in [6.07, 6.45) is 0.212. The summed E-state index contributed by atoms with van der Waals surface area (Å²) in [5, 5.41) is 4.09. The van der Waals surface area contributed by atoms with E-state index in [0.717, 1.165) is 0 Å². The van der Waals surface area contributed by atoms with Crippen molar-refractivity contribution in [2.24, 2.45) is 5.16 Å². The van der Waals surface area contributed by atoms with Crippen molar-refractivity contribution in [3.05, 3.63) is 33.0 Å². The number of rotatable bonds is 3. The Morgan fingerprint density at radius 1 is 1.65 bits per heavy atom. The number of hydrogen-bond acceptors (Lipinski definition) is 4. The Morgan fingerprint density at radius 2 is 2.35 bits per heavy atom. The predicted octanol–water partition coefficient (Wildman–Crippen LogP) is 3.69. The van der Waals surface area contributed by atoms with Crippen LogP contribution in [0.25, 0.3) is 0 Å².